The van der Waals surface area contributed by atoms with Crippen LogP contribution in [0.4, 0.5) is 5.82 Å². The van der Waals surface area contributed by atoms with Gasteiger partial charge in [0.1, 0.15) is 11.0 Å². The number of hydrogen-bond acceptors (Lipinski definition) is 3. The van der Waals surface area contributed by atoms with Gasteiger partial charge in [0.2, 0.25) is 0 Å². The molecule has 0 aliphatic carbocycles. The summed E-state index contributed by atoms with van der Waals surface area (Å²) in [5.41, 5.74) is 0.164. The second kappa shape index (κ2) is 4.62. The molecule has 3 fully saturated rings. The summed E-state index contributed by atoms with van der Waals surface area (Å²) in [4.78, 5) is 9.38. The molecule has 1 aromatic heterocycles. The van der Waals surface area contributed by atoms with Crippen molar-refractivity contribution in [1.29, 1.82) is 0 Å². The number of fused-ring (bicyclic) bond motifs is 2. The van der Waals surface area contributed by atoms with E-state index < -0.39 is 0 Å². The zero-order valence-corrected chi connectivity index (χ0v) is 12.7. The Kier molecular flexibility index (Phi) is 2.99. The zero-order valence-electron chi connectivity index (χ0n) is 11.2. The molecule has 5 heterocycles. The van der Waals surface area contributed by atoms with Crippen LogP contribution in [0.15, 0.2) is 24.4 Å². The summed E-state index contributed by atoms with van der Waals surface area (Å²) in [6, 6.07) is 3.61. The van der Waals surface area contributed by atoms with E-state index in [4.69, 9.17) is 23.2 Å². The van der Waals surface area contributed by atoms with Crippen LogP contribution in [0, 0.1) is 5.92 Å². The molecule has 5 heteroatoms. The zero-order chi connectivity index (χ0) is 13.7. The quantitative estimate of drug-likeness (QED) is 0.739. The van der Waals surface area contributed by atoms with Crippen LogP contribution in [0.5, 0.6) is 0 Å². The van der Waals surface area contributed by atoms with E-state index in [-0.39, 0.29) is 5.54 Å². The van der Waals surface area contributed by atoms with Crippen molar-refractivity contribution >= 4 is 29.0 Å². The molecule has 3 nitrogen and oxygen atoms in total. The lowest BCUT2D eigenvalue weighted by molar-refractivity contribution is 0.0333. The molecule has 0 amide bonds. The highest BCUT2D eigenvalue weighted by atomic mass is 35.5. The first-order chi connectivity index (χ1) is 9.67. The first kappa shape index (κ1) is 12.9. The summed E-state index contributed by atoms with van der Waals surface area (Å²) >= 11 is 12.2. The van der Waals surface area contributed by atoms with E-state index in [0.717, 1.165) is 24.7 Å². The minimum Gasteiger partial charge on any atom is -0.325 e. The largest absolute Gasteiger partial charge is 0.325 e. The molecule has 1 atom stereocenters. The van der Waals surface area contributed by atoms with Gasteiger partial charge in [-0.3, -0.25) is 0 Å². The van der Waals surface area contributed by atoms with Crippen molar-refractivity contribution in [3.63, 3.8) is 0 Å². The highest BCUT2D eigenvalue weighted by Gasteiger charge is 2.51. The van der Waals surface area contributed by atoms with Gasteiger partial charge in [0.15, 0.2) is 0 Å². The van der Waals surface area contributed by atoms with E-state index in [1.807, 2.05) is 6.07 Å². The summed E-state index contributed by atoms with van der Waals surface area (Å²) in [5.74, 6) is 1.62. The molecule has 106 valence electrons. The summed E-state index contributed by atoms with van der Waals surface area (Å²) in [7, 11) is 0. The van der Waals surface area contributed by atoms with Crippen LogP contribution in [0.25, 0.3) is 0 Å². The Morgan fingerprint density at radius 3 is 2.65 bits per heavy atom. The number of piperidine rings is 3. The number of halogens is 2. The van der Waals surface area contributed by atoms with Crippen molar-refractivity contribution in [2.45, 2.75) is 24.8 Å². The average molecular weight is 310 g/mol. The first-order valence-corrected chi connectivity index (χ1v) is 7.94. The van der Waals surface area contributed by atoms with Crippen molar-refractivity contribution in [1.82, 2.24) is 9.88 Å². The predicted molar refractivity (Wildman–Crippen MR) is 82.4 cm³/mol. The van der Waals surface area contributed by atoms with Crippen LogP contribution in [-0.2, 0) is 0 Å². The molecule has 3 saturated heterocycles. The third-order valence-electron chi connectivity index (χ3n) is 5.04. The molecule has 0 radical (unpaired) electrons. The average Bonchev–Trinajstić information content (AvgIpc) is 2.82. The molecule has 1 aromatic rings. The van der Waals surface area contributed by atoms with Crippen LogP contribution in [0.1, 0.15) is 19.3 Å². The van der Waals surface area contributed by atoms with E-state index in [1.54, 1.807) is 6.07 Å². The van der Waals surface area contributed by atoms with Gasteiger partial charge in [0, 0.05) is 17.8 Å². The molecule has 4 aliphatic rings. The minimum atomic E-state index is 0.164. The van der Waals surface area contributed by atoms with Crippen LogP contribution < -0.4 is 4.90 Å². The topological polar surface area (TPSA) is 19.4 Å². The summed E-state index contributed by atoms with van der Waals surface area (Å²) in [5, 5.41) is 1.11. The number of anilines is 1. The molecule has 1 spiro atoms. The van der Waals surface area contributed by atoms with Gasteiger partial charge >= 0.3 is 0 Å². The van der Waals surface area contributed by atoms with E-state index in [0.29, 0.717) is 10.2 Å². The van der Waals surface area contributed by atoms with Gasteiger partial charge in [-0.2, -0.15) is 0 Å². The number of pyridine rings is 1. The number of nitrogens with zero attached hydrogens (tertiary/aromatic N) is 3. The van der Waals surface area contributed by atoms with Crippen LogP contribution >= 0.6 is 23.2 Å². The second-order valence-corrected chi connectivity index (χ2v) is 6.90. The van der Waals surface area contributed by atoms with Gasteiger partial charge in [0.25, 0.3) is 0 Å². The summed E-state index contributed by atoms with van der Waals surface area (Å²) in [6.45, 7) is 3.60. The van der Waals surface area contributed by atoms with Crippen LogP contribution in [0.2, 0.25) is 10.2 Å². The Morgan fingerprint density at radius 1 is 1.20 bits per heavy atom. The molecule has 0 aromatic carbocycles. The normalized spacial score (nSPS) is 35.2. The van der Waals surface area contributed by atoms with Gasteiger partial charge in [0.05, 0.1) is 5.54 Å². The van der Waals surface area contributed by atoms with Gasteiger partial charge in [-0.1, -0.05) is 29.3 Å². The van der Waals surface area contributed by atoms with Gasteiger partial charge in [-0.05, 0) is 50.4 Å². The summed E-state index contributed by atoms with van der Waals surface area (Å²) < 4.78 is 0. The van der Waals surface area contributed by atoms with E-state index in [2.05, 4.69) is 27.1 Å². The molecular weight excluding hydrogens is 293 g/mol. The maximum atomic E-state index is 6.15. The predicted octanol–water partition coefficient (Wildman–Crippen LogP) is 3.58. The van der Waals surface area contributed by atoms with Gasteiger partial charge in [-0.15, -0.1) is 0 Å². The molecule has 0 saturated carbocycles. The molecule has 4 aliphatic heterocycles. The van der Waals surface area contributed by atoms with Crippen molar-refractivity contribution < 1.29 is 0 Å². The first-order valence-electron chi connectivity index (χ1n) is 7.19. The highest BCUT2D eigenvalue weighted by Crippen LogP contribution is 2.46. The third-order valence-corrected chi connectivity index (χ3v) is 5.45. The smallest absolute Gasteiger partial charge is 0.136 e. The Hall–Kier alpha value is -0.770. The number of aromatic nitrogens is 1. The monoisotopic (exact) mass is 309 g/mol. The second-order valence-electron chi connectivity index (χ2n) is 6.08. The maximum absolute atomic E-state index is 6.15. The Bertz CT molecular complexity index is 546. The Labute approximate surface area is 129 Å². The van der Waals surface area contributed by atoms with Crippen molar-refractivity contribution in [2.75, 3.05) is 24.5 Å². The number of rotatable bonds is 1. The standard InChI is InChI=1S/C15H17Cl2N3/c16-12-8-13(17)18-14(9-12)20-5-1-4-15(20)10-19-6-2-11(15)3-7-19/h1,5,8-9,11H,2-4,6-7,10H2/t15-/m0/s1. The highest BCUT2D eigenvalue weighted by molar-refractivity contribution is 6.34. The molecule has 0 N–H and O–H groups in total. The molecule has 5 rings (SSSR count). The Balaban J connectivity index is 1.75. The molecule has 0 unspecified atom stereocenters. The van der Waals surface area contributed by atoms with Crippen molar-refractivity contribution in [3.05, 3.63) is 34.6 Å². The minimum absolute atomic E-state index is 0.164. The van der Waals surface area contributed by atoms with E-state index in [1.165, 1.54) is 25.9 Å². The number of hydrogen-bond donors (Lipinski definition) is 0. The fraction of sp³-hybridized carbons (Fsp3) is 0.533. The van der Waals surface area contributed by atoms with E-state index in [9.17, 15) is 0 Å². The third kappa shape index (κ3) is 1.87. The molecule has 2 bridgehead atoms. The lowest BCUT2D eigenvalue weighted by Gasteiger charge is -2.55. The van der Waals surface area contributed by atoms with Crippen LogP contribution in [-0.4, -0.2) is 35.1 Å². The van der Waals surface area contributed by atoms with Crippen molar-refractivity contribution in [3.8, 4) is 0 Å². The molecule has 20 heavy (non-hydrogen) atoms. The Morgan fingerprint density at radius 2 is 2.00 bits per heavy atom. The molecular formula is C15H17Cl2N3. The maximum Gasteiger partial charge on any atom is 0.136 e. The van der Waals surface area contributed by atoms with Crippen molar-refractivity contribution in [2.24, 2.45) is 5.92 Å². The van der Waals surface area contributed by atoms with Gasteiger partial charge < -0.3 is 9.80 Å². The van der Waals surface area contributed by atoms with E-state index >= 15 is 0 Å². The lowest BCUT2D eigenvalue weighted by Crippen LogP contribution is -2.64. The SMILES string of the molecule is Clc1cc(Cl)nc(N2C=CC[C@@]23CN2CCC3CC2)c1. The van der Waals surface area contributed by atoms with Crippen LogP contribution in [0.3, 0.4) is 0 Å². The summed E-state index contributed by atoms with van der Waals surface area (Å²) in [6.07, 6.45) is 8.09. The lowest BCUT2D eigenvalue weighted by atomic mass is 9.71. The van der Waals surface area contributed by atoms with Gasteiger partial charge in [-0.25, -0.2) is 4.98 Å². The fourth-order valence-electron chi connectivity index (χ4n) is 4.14. The fourth-order valence-corrected chi connectivity index (χ4v) is 4.60.